The molecule has 0 N–H and O–H groups in total. The lowest BCUT2D eigenvalue weighted by Gasteiger charge is -1.97. The molecule has 1 aromatic heterocycles. The molecule has 0 atom stereocenters. The number of hydrogen-bond acceptors (Lipinski definition) is 3. The molecule has 2 aromatic rings. The van der Waals surface area contributed by atoms with Gasteiger partial charge in [0.1, 0.15) is 0 Å². The van der Waals surface area contributed by atoms with Crippen LogP contribution in [0, 0.1) is 6.92 Å². The van der Waals surface area contributed by atoms with E-state index in [4.69, 9.17) is 10.7 Å². The third-order valence-corrected chi connectivity index (χ3v) is 3.91. The van der Waals surface area contributed by atoms with Crippen molar-refractivity contribution in [1.82, 2.24) is 9.78 Å². The Morgan fingerprint density at radius 1 is 1.44 bits per heavy atom. The van der Waals surface area contributed by atoms with Crippen molar-refractivity contribution in [1.29, 1.82) is 0 Å². The van der Waals surface area contributed by atoms with Gasteiger partial charge in [-0.25, -0.2) is 8.42 Å². The number of hydrogen-bond donors (Lipinski definition) is 0. The van der Waals surface area contributed by atoms with Crippen LogP contribution in [-0.2, 0) is 15.6 Å². The van der Waals surface area contributed by atoms with Crippen LogP contribution in [0.4, 0.5) is 0 Å². The minimum atomic E-state index is -3.67. The summed E-state index contributed by atoms with van der Waals surface area (Å²) >= 11 is 0. The molecule has 0 radical (unpaired) electrons. The highest BCUT2D eigenvalue weighted by molar-refractivity contribution is 8.13. The second-order valence-electron chi connectivity index (χ2n) is 3.52. The van der Waals surface area contributed by atoms with Gasteiger partial charge in [0.25, 0.3) is 9.05 Å². The molecule has 1 heterocycles. The van der Waals surface area contributed by atoms with Crippen LogP contribution in [-0.4, -0.2) is 18.2 Å². The van der Waals surface area contributed by atoms with E-state index in [1.54, 1.807) is 12.1 Å². The van der Waals surface area contributed by atoms with Crippen molar-refractivity contribution in [3.63, 3.8) is 0 Å². The first-order valence-corrected chi connectivity index (χ1v) is 7.16. The molecule has 86 valence electrons. The lowest BCUT2D eigenvalue weighted by Crippen LogP contribution is -1.97. The Labute approximate surface area is 98.2 Å². The van der Waals surface area contributed by atoms with Crippen LogP contribution in [0.3, 0.4) is 0 Å². The van der Waals surface area contributed by atoms with E-state index < -0.39 is 9.05 Å². The fourth-order valence-electron chi connectivity index (χ4n) is 1.70. The van der Waals surface area contributed by atoms with E-state index in [9.17, 15) is 8.42 Å². The molecule has 0 saturated heterocycles. The van der Waals surface area contributed by atoms with Gasteiger partial charge < -0.3 is 0 Å². The van der Waals surface area contributed by atoms with E-state index in [-0.39, 0.29) is 4.90 Å². The SMILES string of the molecule is CCn1nc2ccc(S(=O)(=O)Cl)cc2c1C. The molecule has 2 rings (SSSR count). The molecule has 0 spiro atoms. The summed E-state index contributed by atoms with van der Waals surface area (Å²) in [5.74, 6) is 0. The molecule has 4 nitrogen and oxygen atoms in total. The quantitative estimate of drug-likeness (QED) is 0.777. The summed E-state index contributed by atoms with van der Waals surface area (Å²) in [6.45, 7) is 4.64. The van der Waals surface area contributed by atoms with Crippen molar-refractivity contribution in [3.8, 4) is 0 Å². The highest BCUT2D eigenvalue weighted by Crippen LogP contribution is 2.23. The van der Waals surface area contributed by atoms with Gasteiger partial charge in [-0.15, -0.1) is 0 Å². The average Bonchev–Trinajstić information content (AvgIpc) is 2.54. The lowest BCUT2D eigenvalue weighted by molar-refractivity contribution is 0.609. The van der Waals surface area contributed by atoms with Crippen LogP contribution in [0.2, 0.25) is 0 Å². The number of fused-ring (bicyclic) bond motifs is 1. The van der Waals surface area contributed by atoms with Crippen molar-refractivity contribution in [2.75, 3.05) is 0 Å². The predicted molar refractivity (Wildman–Crippen MR) is 63.2 cm³/mol. The van der Waals surface area contributed by atoms with Gasteiger partial charge in [0.05, 0.1) is 10.4 Å². The van der Waals surface area contributed by atoms with Crippen molar-refractivity contribution in [2.45, 2.75) is 25.3 Å². The van der Waals surface area contributed by atoms with Crippen LogP contribution in [0.25, 0.3) is 10.9 Å². The first kappa shape index (κ1) is 11.4. The zero-order valence-corrected chi connectivity index (χ0v) is 10.5. The molecular formula is C10H11ClN2O2S. The first-order chi connectivity index (χ1) is 7.43. The Balaban J connectivity index is 2.75. The fourth-order valence-corrected chi connectivity index (χ4v) is 2.47. The molecule has 0 aliphatic heterocycles. The van der Waals surface area contributed by atoms with Gasteiger partial charge in [-0.05, 0) is 32.0 Å². The van der Waals surface area contributed by atoms with Crippen LogP contribution in [0.5, 0.6) is 0 Å². The highest BCUT2D eigenvalue weighted by atomic mass is 35.7. The van der Waals surface area contributed by atoms with Gasteiger partial charge in [-0.3, -0.25) is 4.68 Å². The number of nitrogens with zero attached hydrogens (tertiary/aromatic N) is 2. The first-order valence-electron chi connectivity index (χ1n) is 4.85. The number of benzene rings is 1. The van der Waals surface area contributed by atoms with Crippen molar-refractivity contribution >= 4 is 30.6 Å². The van der Waals surface area contributed by atoms with E-state index in [1.165, 1.54) is 6.07 Å². The van der Waals surface area contributed by atoms with E-state index in [0.29, 0.717) is 0 Å². The lowest BCUT2D eigenvalue weighted by atomic mass is 10.2. The molecule has 0 aliphatic carbocycles. The van der Waals surface area contributed by atoms with Gasteiger partial charge in [0.15, 0.2) is 0 Å². The van der Waals surface area contributed by atoms with Gasteiger partial charge in [0, 0.05) is 28.3 Å². The van der Waals surface area contributed by atoms with E-state index in [1.807, 2.05) is 18.5 Å². The summed E-state index contributed by atoms with van der Waals surface area (Å²) in [4.78, 5) is 0.111. The maximum absolute atomic E-state index is 11.2. The molecule has 1 aromatic carbocycles. The molecular weight excluding hydrogens is 248 g/mol. The maximum Gasteiger partial charge on any atom is 0.261 e. The largest absolute Gasteiger partial charge is 0.269 e. The van der Waals surface area contributed by atoms with Crippen LogP contribution < -0.4 is 0 Å². The van der Waals surface area contributed by atoms with E-state index in [0.717, 1.165) is 23.1 Å². The summed E-state index contributed by atoms with van der Waals surface area (Å²) in [6.07, 6.45) is 0. The second-order valence-corrected chi connectivity index (χ2v) is 6.08. The fraction of sp³-hybridized carbons (Fsp3) is 0.300. The topological polar surface area (TPSA) is 52.0 Å². The Morgan fingerprint density at radius 3 is 2.69 bits per heavy atom. The summed E-state index contributed by atoms with van der Waals surface area (Å²) in [7, 11) is 1.62. The molecule has 16 heavy (non-hydrogen) atoms. The Kier molecular flexibility index (Phi) is 2.67. The summed E-state index contributed by atoms with van der Waals surface area (Å²) < 4.78 is 24.2. The third kappa shape index (κ3) is 1.81. The van der Waals surface area contributed by atoms with Crippen LogP contribution in [0.15, 0.2) is 23.1 Å². The maximum atomic E-state index is 11.2. The predicted octanol–water partition coefficient (Wildman–Crippen LogP) is 2.29. The van der Waals surface area contributed by atoms with Gasteiger partial charge in [0.2, 0.25) is 0 Å². The smallest absolute Gasteiger partial charge is 0.261 e. The minimum absolute atomic E-state index is 0.111. The Bertz CT molecular complexity index is 646. The van der Waals surface area contributed by atoms with Crippen molar-refractivity contribution in [3.05, 3.63) is 23.9 Å². The average molecular weight is 259 g/mol. The molecule has 6 heteroatoms. The summed E-state index contributed by atoms with van der Waals surface area (Å²) in [5.41, 5.74) is 1.73. The van der Waals surface area contributed by atoms with Crippen LogP contribution >= 0.6 is 10.7 Å². The van der Waals surface area contributed by atoms with E-state index >= 15 is 0 Å². The zero-order valence-electron chi connectivity index (χ0n) is 8.94. The number of halogens is 1. The number of rotatable bonds is 2. The molecule has 0 unspecified atom stereocenters. The number of aryl methyl sites for hydroxylation is 2. The highest BCUT2D eigenvalue weighted by Gasteiger charge is 2.13. The molecule has 0 saturated carbocycles. The molecule has 0 aliphatic rings. The minimum Gasteiger partial charge on any atom is -0.269 e. The molecule has 0 bridgehead atoms. The van der Waals surface area contributed by atoms with Crippen LogP contribution in [0.1, 0.15) is 12.6 Å². The van der Waals surface area contributed by atoms with Crippen molar-refractivity contribution in [2.24, 2.45) is 0 Å². The zero-order chi connectivity index (χ0) is 11.9. The summed E-state index contributed by atoms with van der Waals surface area (Å²) in [6, 6.07) is 4.70. The monoisotopic (exact) mass is 258 g/mol. The summed E-state index contributed by atoms with van der Waals surface area (Å²) in [5, 5.41) is 5.16. The Morgan fingerprint density at radius 2 is 2.12 bits per heavy atom. The molecule has 0 amide bonds. The second kappa shape index (κ2) is 3.75. The standard InChI is InChI=1S/C10H11ClN2O2S/c1-3-13-7(2)9-6-8(16(11,14)15)4-5-10(9)12-13/h4-6H,3H2,1-2H3. The van der Waals surface area contributed by atoms with Crippen molar-refractivity contribution < 1.29 is 8.42 Å². The third-order valence-electron chi connectivity index (χ3n) is 2.55. The van der Waals surface area contributed by atoms with Gasteiger partial charge in [-0.2, -0.15) is 5.10 Å². The normalized spacial score (nSPS) is 12.2. The number of aromatic nitrogens is 2. The van der Waals surface area contributed by atoms with E-state index in [2.05, 4.69) is 5.10 Å². The molecule has 0 fully saturated rings. The van der Waals surface area contributed by atoms with Gasteiger partial charge in [-0.1, -0.05) is 0 Å². The Hall–Kier alpha value is -1.07. The van der Waals surface area contributed by atoms with Gasteiger partial charge >= 0.3 is 0 Å².